The number of carbonyl (C=O) groups excluding carboxylic acids is 1. The van der Waals surface area contributed by atoms with Gasteiger partial charge in [0.1, 0.15) is 0 Å². The summed E-state index contributed by atoms with van der Waals surface area (Å²) in [7, 11) is 0. The van der Waals surface area contributed by atoms with Gasteiger partial charge >= 0.3 is 5.97 Å². The van der Waals surface area contributed by atoms with Gasteiger partial charge in [-0.1, -0.05) is 26.0 Å². The minimum absolute atomic E-state index is 0.203. The van der Waals surface area contributed by atoms with Gasteiger partial charge in [0.2, 0.25) is 5.91 Å². The summed E-state index contributed by atoms with van der Waals surface area (Å²) in [5.41, 5.74) is 2.41. The molecule has 19 heavy (non-hydrogen) atoms. The van der Waals surface area contributed by atoms with Crippen LogP contribution < -0.4 is 5.32 Å². The van der Waals surface area contributed by atoms with Crippen molar-refractivity contribution in [2.24, 2.45) is 17.3 Å². The van der Waals surface area contributed by atoms with Gasteiger partial charge in [0.05, 0.1) is 11.8 Å². The molecule has 1 aliphatic carbocycles. The summed E-state index contributed by atoms with van der Waals surface area (Å²) < 4.78 is 0. The number of hydrogen-bond donors (Lipinski definition) is 2. The summed E-state index contributed by atoms with van der Waals surface area (Å²) in [6.45, 7) is 7.56. The largest absolute Gasteiger partial charge is 0.481 e. The highest BCUT2D eigenvalue weighted by Crippen LogP contribution is 2.58. The molecule has 0 bridgehead atoms. The van der Waals surface area contributed by atoms with Crippen molar-refractivity contribution < 1.29 is 14.7 Å². The lowest BCUT2D eigenvalue weighted by atomic mass is 10.1. The third kappa shape index (κ3) is 2.23. The van der Waals surface area contributed by atoms with E-state index in [1.165, 1.54) is 0 Å². The fourth-order valence-electron chi connectivity index (χ4n) is 2.68. The van der Waals surface area contributed by atoms with Gasteiger partial charge in [-0.15, -0.1) is 0 Å². The Hall–Kier alpha value is -1.84. The van der Waals surface area contributed by atoms with Crippen molar-refractivity contribution in [2.45, 2.75) is 27.7 Å². The first-order valence-electron chi connectivity index (χ1n) is 6.36. The molecule has 0 aromatic heterocycles. The zero-order valence-electron chi connectivity index (χ0n) is 11.7. The van der Waals surface area contributed by atoms with Crippen molar-refractivity contribution >= 4 is 17.6 Å². The molecule has 1 aromatic carbocycles. The molecule has 0 radical (unpaired) electrons. The van der Waals surface area contributed by atoms with Crippen LogP contribution >= 0.6 is 0 Å². The lowest BCUT2D eigenvalue weighted by molar-refractivity contribution is -0.140. The number of aryl methyl sites for hydroxylation is 1. The highest BCUT2D eigenvalue weighted by atomic mass is 16.4. The van der Waals surface area contributed by atoms with Gasteiger partial charge in [0.15, 0.2) is 0 Å². The van der Waals surface area contributed by atoms with Crippen LogP contribution in [0.25, 0.3) is 0 Å². The van der Waals surface area contributed by atoms with E-state index in [1.807, 2.05) is 45.9 Å². The van der Waals surface area contributed by atoms with E-state index in [0.29, 0.717) is 0 Å². The Labute approximate surface area is 112 Å². The second kappa shape index (κ2) is 4.37. The Morgan fingerprint density at radius 3 is 2.37 bits per heavy atom. The van der Waals surface area contributed by atoms with Crippen LogP contribution in [0.2, 0.25) is 0 Å². The number of rotatable bonds is 3. The van der Waals surface area contributed by atoms with Crippen LogP contribution in [0.3, 0.4) is 0 Å². The second-order valence-corrected chi connectivity index (χ2v) is 5.85. The average molecular weight is 261 g/mol. The highest BCUT2D eigenvalue weighted by Gasteiger charge is 2.65. The topological polar surface area (TPSA) is 66.4 Å². The van der Waals surface area contributed by atoms with Crippen molar-refractivity contribution in [3.63, 3.8) is 0 Å². The first-order valence-corrected chi connectivity index (χ1v) is 6.36. The lowest BCUT2D eigenvalue weighted by Gasteiger charge is -2.10. The molecule has 0 heterocycles. The predicted octanol–water partition coefficient (Wildman–Crippen LogP) is 2.60. The molecule has 1 aromatic rings. The maximum absolute atomic E-state index is 12.2. The molecular weight excluding hydrogens is 242 g/mol. The standard InChI is InChI=1S/C15H19NO3/c1-8-6-5-7-10(9(8)2)16-13(17)11-12(14(18)19)15(11,3)4/h5-7,11-12H,1-4H3,(H,16,17)(H,18,19)/t11-,12+/m1/s1. The zero-order valence-corrected chi connectivity index (χ0v) is 11.7. The van der Waals surface area contributed by atoms with Gasteiger partial charge in [-0.2, -0.15) is 0 Å². The van der Waals surface area contributed by atoms with Crippen LogP contribution in [0.5, 0.6) is 0 Å². The molecule has 4 heteroatoms. The maximum atomic E-state index is 12.2. The fraction of sp³-hybridized carbons (Fsp3) is 0.467. The number of carboxylic acids is 1. The summed E-state index contributed by atoms with van der Waals surface area (Å²) in [6.07, 6.45) is 0. The maximum Gasteiger partial charge on any atom is 0.307 e. The van der Waals surface area contributed by atoms with Crippen LogP contribution in [-0.2, 0) is 9.59 Å². The molecule has 1 aliphatic rings. The van der Waals surface area contributed by atoms with Crippen molar-refractivity contribution in [1.82, 2.24) is 0 Å². The molecule has 102 valence electrons. The van der Waals surface area contributed by atoms with Gasteiger partial charge < -0.3 is 10.4 Å². The van der Waals surface area contributed by atoms with E-state index in [2.05, 4.69) is 5.32 Å². The molecular formula is C15H19NO3. The molecule has 2 N–H and O–H groups in total. The Bertz CT molecular complexity index is 548. The van der Waals surface area contributed by atoms with E-state index in [1.54, 1.807) is 0 Å². The fourth-order valence-corrected chi connectivity index (χ4v) is 2.68. The summed E-state index contributed by atoms with van der Waals surface area (Å²) in [5.74, 6) is -2.14. The number of anilines is 1. The SMILES string of the molecule is Cc1cccc(NC(=O)[C@H]2[C@@H](C(=O)O)C2(C)C)c1C. The number of benzene rings is 1. The first kappa shape index (κ1) is 13.6. The van der Waals surface area contributed by atoms with Crippen LogP contribution in [-0.4, -0.2) is 17.0 Å². The lowest BCUT2D eigenvalue weighted by Crippen LogP contribution is -2.18. The predicted molar refractivity (Wildman–Crippen MR) is 72.9 cm³/mol. The first-order chi connectivity index (χ1) is 8.76. The molecule has 1 amide bonds. The van der Waals surface area contributed by atoms with Crippen molar-refractivity contribution in [3.8, 4) is 0 Å². The smallest absolute Gasteiger partial charge is 0.307 e. The van der Waals surface area contributed by atoms with E-state index in [9.17, 15) is 9.59 Å². The van der Waals surface area contributed by atoms with E-state index in [-0.39, 0.29) is 5.91 Å². The van der Waals surface area contributed by atoms with Crippen molar-refractivity contribution in [2.75, 3.05) is 5.32 Å². The number of carboxylic acid groups (broad SMARTS) is 1. The molecule has 0 saturated heterocycles. The minimum atomic E-state index is -0.897. The van der Waals surface area contributed by atoms with Gasteiger partial charge in [0, 0.05) is 5.69 Å². The van der Waals surface area contributed by atoms with Crippen LogP contribution in [0.1, 0.15) is 25.0 Å². The molecule has 2 rings (SSSR count). The van der Waals surface area contributed by atoms with Crippen LogP contribution in [0.4, 0.5) is 5.69 Å². The highest BCUT2D eigenvalue weighted by molar-refractivity contribution is 6.00. The summed E-state index contributed by atoms with van der Waals surface area (Å²) in [6, 6.07) is 5.70. The third-order valence-electron chi connectivity index (χ3n) is 4.24. The monoisotopic (exact) mass is 261 g/mol. The molecule has 0 unspecified atom stereocenters. The quantitative estimate of drug-likeness (QED) is 0.879. The van der Waals surface area contributed by atoms with Crippen LogP contribution in [0, 0.1) is 31.1 Å². The van der Waals surface area contributed by atoms with Gasteiger partial charge in [-0.05, 0) is 36.5 Å². The average Bonchev–Trinajstić information content (AvgIpc) is 2.88. The summed E-state index contributed by atoms with van der Waals surface area (Å²) >= 11 is 0. The Balaban J connectivity index is 2.15. The van der Waals surface area contributed by atoms with E-state index >= 15 is 0 Å². The van der Waals surface area contributed by atoms with E-state index < -0.39 is 23.2 Å². The Morgan fingerprint density at radius 2 is 1.84 bits per heavy atom. The molecule has 1 fully saturated rings. The third-order valence-corrected chi connectivity index (χ3v) is 4.24. The van der Waals surface area contributed by atoms with Gasteiger partial charge in [-0.25, -0.2) is 0 Å². The molecule has 1 saturated carbocycles. The van der Waals surface area contributed by atoms with E-state index in [0.717, 1.165) is 16.8 Å². The number of amides is 1. The molecule has 2 atom stereocenters. The van der Waals surface area contributed by atoms with Crippen molar-refractivity contribution in [1.29, 1.82) is 0 Å². The second-order valence-electron chi connectivity index (χ2n) is 5.85. The molecule has 0 spiro atoms. The Morgan fingerprint density at radius 1 is 1.21 bits per heavy atom. The number of hydrogen-bond acceptors (Lipinski definition) is 2. The Kier molecular flexibility index (Phi) is 3.12. The normalized spacial score (nSPS) is 23.8. The van der Waals surface area contributed by atoms with Gasteiger partial charge in [0.25, 0.3) is 0 Å². The van der Waals surface area contributed by atoms with Gasteiger partial charge in [-0.3, -0.25) is 9.59 Å². The molecule has 4 nitrogen and oxygen atoms in total. The molecule has 0 aliphatic heterocycles. The number of nitrogens with one attached hydrogen (secondary N) is 1. The number of aliphatic carboxylic acids is 1. The summed E-state index contributed by atoms with van der Waals surface area (Å²) in [5, 5.41) is 11.9. The van der Waals surface area contributed by atoms with Crippen LogP contribution in [0.15, 0.2) is 18.2 Å². The number of carbonyl (C=O) groups is 2. The van der Waals surface area contributed by atoms with Crippen molar-refractivity contribution in [3.05, 3.63) is 29.3 Å². The summed E-state index contributed by atoms with van der Waals surface area (Å²) in [4.78, 5) is 23.3. The zero-order chi connectivity index (χ0) is 14.4. The minimum Gasteiger partial charge on any atom is -0.481 e. The van der Waals surface area contributed by atoms with E-state index in [4.69, 9.17) is 5.11 Å².